The van der Waals surface area contributed by atoms with Gasteiger partial charge in [0.2, 0.25) is 0 Å². The highest BCUT2D eigenvalue weighted by Gasteiger charge is 2.21. The summed E-state index contributed by atoms with van der Waals surface area (Å²) in [5, 5.41) is 11.4. The maximum atomic E-state index is 12.2. The van der Waals surface area contributed by atoms with E-state index in [-0.39, 0.29) is 18.3 Å². The van der Waals surface area contributed by atoms with E-state index in [1.807, 2.05) is 45.0 Å². The van der Waals surface area contributed by atoms with Crippen LogP contribution in [0.2, 0.25) is 0 Å². The third kappa shape index (κ3) is 2.77. The maximum absolute atomic E-state index is 12.2. The number of nitrogens with one attached hydrogen (secondary N) is 1. The van der Waals surface area contributed by atoms with Gasteiger partial charge in [-0.3, -0.25) is 4.79 Å². The lowest BCUT2D eigenvalue weighted by Crippen LogP contribution is -2.22. The smallest absolute Gasteiger partial charge is 0.309 e. The highest BCUT2D eigenvalue weighted by Crippen LogP contribution is 2.33. The molecule has 0 spiro atoms. The first-order valence-electron chi connectivity index (χ1n) is 8.19. The third-order valence-electron chi connectivity index (χ3n) is 4.19. The number of benzene rings is 1. The molecule has 1 N–H and O–H groups in total. The van der Waals surface area contributed by atoms with E-state index in [1.165, 1.54) is 0 Å². The predicted molar refractivity (Wildman–Crippen MR) is 93.6 cm³/mol. The quantitative estimate of drug-likeness (QED) is 0.598. The van der Waals surface area contributed by atoms with Gasteiger partial charge in [-0.25, -0.2) is 0 Å². The summed E-state index contributed by atoms with van der Waals surface area (Å²) in [5.41, 5.74) is 2.69. The molecule has 0 radical (unpaired) electrons. The minimum atomic E-state index is -0.470. The first kappa shape index (κ1) is 16.1. The van der Waals surface area contributed by atoms with Gasteiger partial charge < -0.3 is 18.6 Å². The van der Waals surface area contributed by atoms with Crippen LogP contribution >= 0.6 is 0 Å². The molecule has 0 saturated carbocycles. The summed E-state index contributed by atoms with van der Waals surface area (Å²) in [6.07, 6.45) is 0. The molecule has 0 bridgehead atoms. The summed E-state index contributed by atoms with van der Waals surface area (Å²) in [5.74, 6) is 1.49. The van der Waals surface area contributed by atoms with E-state index >= 15 is 0 Å². The Kier molecular flexibility index (Phi) is 3.84. The molecule has 3 aromatic heterocycles. The fourth-order valence-electron chi connectivity index (χ4n) is 2.82. The number of para-hydroxylation sites is 1. The number of rotatable bonds is 4. The molecule has 26 heavy (non-hydrogen) atoms. The second-order valence-corrected chi connectivity index (χ2v) is 6.12. The van der Waals surface area contributed by atoms with Crippen LogP contribution in [0, 0.1) is 20.8 Å². The van der Waals surface area contributed by atoms with Crippen LogP contribution in [0.4, 0.5) is 0 Å². The van der Waals surface area contributed by atoms with E-state index in [0.29, 0.717) is 11.5 Å². The van der Waals surface area contributed by atoms with Gasteiger partial charge >= 0.3 is 11.8 Å². The molecule has 0 aliphatic heterocycles. The molecule has 0 atom stereocenters. The van der Waals surface area contributed by atoms with Crippen LogP contribution in [0.5, 0.6) is 0 Å². The maximum Gasteiger partial charge on any atom is 0.309 e. The number of hydrogen-bond acceptors (Lipinski definition) is 6. The van der Waals surface area contributed by atoms with Gasteiger partial charge in [0.05, 0.1) is 6.54 Å². The number of carbonyl (C=O) groups is 1. The van der Waals surface area contributed by atoms with Crippen molar-refractivity contribution in [3.63, 3.8) is 0 Å². The summed E-state index contributed by atoms with van der Waals surface area (Å²) in [4.78, 5) is 12.2. The minimum absolute atomic E-state index is 0.125. The van der Waals surface area contributed by atoms with E-state index in [0.717, 1.165) is 27.9 Å². The van der Waals surface area contributed by atoms with E-state index in [2.05, 4.69) is 15.5 Å². The summed E-state index contributed by atoms with van der Waals surface area (Å²) >= 11 is 0. The number of hydrogen-bond donors (Lipinski definition) is 1. The Labute approximate surface area is 149 Å². The number of nitrogens with zero attached hydrogens (tertiary/aromatic N) is 2. The molecule has 0 fully saturated rings. The van der Waals surface area contributed by atoms with Crippen LogP contribution in [0.25, 0.3) is 22.6 Å². The second kappa shape index (κ2) is 6.18. The average molecular weight is 351 g/mol. The normalized spacial score (nSPS) is 11.2. The number of furan rings is 2. The van der Waals surface area contributed by atoms with Crippen molar-refractivity contribution in [3.8, 4) is 11.7 Å². The number of aryl methyl sites for hydroxylation is 3. The van der Waals surface area contributed by atoms with E-state index in [9.17, 15) is 4.79 Å². The largest absolute Gasteiger partial charge is 0.465 e. The Bertz CT molecular complexity index is 1100. The number of fused-ring (bicyclic) bond motifs is 1. The van der Waals surface area contributed by atoms with Gasteiger partial charge in [0.1, 0.15) is 17.1 Å². The summed E-state index contributed by atoms with van der Waals surface area (Å²) in [6.45, 7) is 5.97. The Balaban J connectivity index is 1.57. The van der Waals surface area contributed by atoms with Crippen molar-refractivity contribution in [3.05, 3.63) is 58.9 Å². The van der Waals surface area contributed by atoms with Crippen molar-refractivity contribution in [1.29, 1.82) is 0 Å². The monoisotopic (exact) mass is 351 g/mol. The third-order valence-corrected chi connectivity index (χ3v) is 4.19. The van der Waals surface area contributed by atoms with E-state index in [4.69, 9.17) is 13.3 Å². The zero-order valence-corrected chi connectivity index (χ0v) is 14.6. The van der Waals surface area contributed by atoms with Crippen LogP contribution < -0.4 is 5.32 Å². The minimum Gasteiger partial charge on any atom is -0.465 e. The standard InChI is InChI=1S/C19H17N3O4/c1-10-5-4-6-14-12(3)16(25-15(10)14)18-21-22-19(26-18)17(23)20-9-13-8-7-11(2)24-13/h4-8H,9H2,1-3H3,(H,20,23). The molecule has 7 heteroatoms. The fourth-order valence-corrected chi connectivity index (χ4v) is 2.82. The van der Waals surface area contributed by atoms with Crippen molar-refractivity contribution in [2.24, 2.45) is 0 Å². The van der Waals surface area contributed by atoms with Crippen LogP contribution in [-0.4, -0.2) is 16.1 Å². The molecular weight excluding hydrogens is 334 g/mol. The molecule has 3 heterocycles. The highest BCUT2D eigenvalue weighted by atomic mass is 16.4. The molecular formula is C19H17N3O4. The molecule has 4 rings (SSSR count). The van der Waals surface area contributed by atoms with Crippen LogP contribution in [0.15, 0.2) is 43.6 Å². The zero-order chi connectivity index (χ0) is 18.3. The molecule has 0 aliphatic rings. The SMILES string of the molecule is Cc1ccc(CNC(=O)c2nnc(-c3oc4c(C)cccc4c3C)o2)o1. The predicted octanol–water partition coefficient (Wildman–Crippen LogP) is 3.93. The fraction of sp³-hybridized carbons (Fsp3) is 0.211. The molecule has 0 aliphatic carbocycles. The summed E-state index contributed by atoms with van der Waals surface area (Å²) in [6, 6.07) is 9.54. The van der Waals surface area contributed by atoms with Crippen LogP contribution in [0.1, 0.15) is 33.3 Å². The van der Waals surface area contributed by atoms with Crippen LogP contribution in [-0.2, 0) is 6.54 Å². The van der Waals surface area contributed by atoms with Gasteiger partial charge in [-0.05, 0) is 38.5 Å². The number of carbonyl (C=O) groups excluding carboxylic acids is 1. The molecule has 1 aromatic carbocycles. The first-order valence-corrected chi connectivity index (χ1v) is 8.19. The average Bonchev–Trinajstić information content (AvgIpc) is 3.33. The Morgan fingerprint density at radius 2 is 1.88 bits per heavy atom. The Hall–Kier alpha value is -3.35. The number of aromatic nitrogens is 2. The lowest BCUT2D eigenvalue weighted by Gasteiger charge is -1.98. The topological polar surface area (TPSA) is 94.3 Å². The van der Waals surface area contributed by atoms with Gasteiger partial charge in [0.25, 0.3) is 5.89 Å². The molecule has 1 amide bonds. The Morgan fingerprint density at radius 1 is 1.04 bits per heavy atom. The van der Waals surface area contributed by atoms with Crippen molar-refractivity contribution in [2.75, 3.05) is 0 Å². The van der Waals surface area contributed by atoms with Crippen molar-refractivity contribution >= 4 is 16.9 Å². The van der Waals surface area contributed by atoms with Gasteiger partial charge in [0.15, 0.2) is 5.76 Å². The van der Waals surface area contributed by atoms with Gasteiger partial charge in [0, 0.05) is 10.9 Å². The zero-order valence-electron chi connectivity index (χ0n) is 14.6. The van der Waals surface area contributed by atoms with Crippen LogP contribution in [0.3, 0.4) is 0 Å². The molecule has 0 saturated heterocycles. The van der Waals surface area contributed by atoms with Crippen molar-refractivity contribution in [2.45, 2.75) is 27.3 Å². The van der Waals surface area contributed by atoms with Crippen molar-refractivity contribution < 1.29 is 18.0 Å². The highest BCUT2D eigenvalue weighted by molar-refractivity contribution is 5.90. The van der Waals surface area contributed by atoms with Gasteiger partial charge in [-0.15, -0.1) is 10.2 Å². The summed E-state index contributed by atoms with van der Waals surface area (Å²) < 4.78 is 16.8. The Morgan fingerprint density at radius 3 is 2.62 bits per heavy atom. The molecule has 0 unspecified atom stereocenters. The first-order chi connectivity index (χ1) is 12.5. The summed E-state index contributed by atoms with van der Waals surface area (Å²) in [7, 11) is 0. The molecule has 7 nitrogen and oxygen atoms in total. The molecule has 4 aromatic rings. The van der Waals surface area contributed by atoms with Gasteiger partial charge in [-0.1, -0.05) is 18.2 Å². The second-order valence-electron chi connectivity index (χ2n) is 6.12. The van der Waals surface area contributed by atoms with E-state index in [1.54, 1.807) is 6.07 Å². The van der Waals surface area contributed by atoms with E-state index < -0.39 is 5.91 Å². The lowest BCUT2D eigenvalue weighted by molar-refractivity contribution is 0.0913. The van der Waals surface area contributed by atoms with Crippen molar-refractivity contribution in [1.82, 2.24) is 15.5 Å². The number of amides is 1. The molecule has 132 valence electrons. The van der Waals surface area contributed by atoms with Gasteiger partial charge in [-0.2, -0.15) is 0 Å². The lowest BCUT2D eigenvalue weighted by atomic mass is 10.1.